The van der Waals surface area contributed by atoms with E-state index in [1.54, 1.807) is 12.1 Å². The molecule has 0 spiro atoms. The molecule has 1 amide bonds. The number of rotatable bonds is 3. The molecule has 2 rings (SSSR count). The van der Waals surface area contributed by atoms with E-state index in [9.17, 15) is 4.79 Å². The van der Waals surface area contributed by atoms with Crippen molar-refractivity contribution in [3.05, 3.63) is 23.8 Å². The topological polar surface area (TPSA) is 41.6 Å². The van der Waals surface area contributed by atoms with E-state index in [0.717, 1.165) is 17.0 Å². The van der Waals surface area contributed by atoms with Gasteiger partial charge in [0.2, 0.25) is 5.91 Å². The Morgan fingerprint density at radius 3 is 2.71 bits per heavy atom. The molecular formula is C13H18N2O2. The van der Waals surface area contributed by atoms with Crippen molar-refractivity contribution < 1.29 is 9.53 Å². The number of amides is 1. The van der Waals surface area contributed by atoms with Crippen LogP contribution in [0.4, 0.5) is 5.69 Å². The molecule has 0 aromatic heterocycles. The van der Waals surface area contributed by atoms with E-state index in [1.807, 2.05) is 39.0 Å². The van der Waals surface area contributed by atoms with Crippen LogP contribution in [0.5, 0.6) is 5.75 Å². The molecule has 1 aromatic rings. The first kappa shape index (κ1) is 11.9. The number of carbonyl (C=O) groups is 1. The molecule has 1 atom stereocenters. The Morgan fingerprint density at radius 1 is 1.41 bits per heavy atom. The van der Waals surface area contributed by atoms with Crippen molar-refractivity contribution in [3.63, 3.8) is 0 Å². The van der Waals surface area contributed by atoms with Crippen LogP contribution in [0.2, 0.25) is 0 Å². The van der Waals surface area contributed by atoms with Crippen molar-refractivity contribution in [3.8, 4) is 5.75 Å². The fourth-order valence-corrected chi connectivity index (χ4v) is 2.05. The average molecular weight is 234 g/mol. The van der Waals surface area contributed by atoms with Gasteiger partial charge in [0.25, 0.3) is 0 Å². The Balaban J connectivity index is 2.40. The van der Waals surface area contributed by atoms with Gasteiger partial charge in [0, 0.05) is 6.04 Å². The minimum Gasteiger partial charge on any atom is -0.497 e. The first-order valence-corrected chi connectivity index (χ1v) is 5.82. The molecule has 1 aliphatic heterocycles. The van der Waals surface area contributed by atoms with Crippen LogP contribution < -0.4 is 15.2 Å². The van der Waals surface area contributed by atoms with E-state index in [4.69, 9.17) is 4.74 Å². The van der Waals surface area contributed by atoms with Crippen molar-refractivity contribution in [1.82, 2.24) is 5.43 Å². The number of ether oxygens (including phenoxy) is 1. The second-order valence-corrected chi connectivity index (χ2v) is 4.60. The number of nitrogens with one attached hydrogen (secondary N) is 1. The minimum absolute atomic E-state index is 0.0851. The summed E-state index contributed by atoms with van der Waals surface area (Å²) in [6, 6.07) is 5.95. The van der Waals surface area contributed by atoms with Crippen LogP contribution in [0.25, 0.3) is 0 Å². The van der Waals surface area contributed by atoms with E-state index < -0.39 is 0 Å². The van der Waals surface area contributed by atoms with E-state index >= 15 is 0 Å². The molecule has 0 radical (unpaired) electrons. The van der Waals surface area contributed by atoms with Crippen molar-refractivity contribution >= 4 is 11.6 Å². The lowest BCUT2D eigenvalue weighted by Gasteiger charge is -2.21. The Labute approximate surface area is 102 Å². The Hall–Kier alpha value is -1.55. The predicted molar refractivity (Wildman–Crippen MR) is 67.2 cm³/mol. The number of nitrogens with zero attached hydrogens (tertiary/aromatic N) is 1. The third-order valence-corrected chi connectivity index (χ3v) is 2.92. The van der Waals surface area contributed by atoms with Gasteiger partial charge in [0.15, 0.2) is 0 Å². The quantitative estimate of drug-likeness (QED) is 0.870. The van der Waals surface area contributed by atoms with Gasteiger partial charge >= 0.3 is 0 Å². The highest BCUT2D eigenvalue weighted by molar-refractivity contribution is 6.04. The van der Waals surface area contributed by atoms with E-state index in [2.05, 4.69) is 5.43 Å². The van der Waals surface area contributed by atoms with Gasteiger partial charge in [-0.25, -0.2) is 10.4 Å². The lowest BCUT2D eigenvalue weighted by molar-refractivity contribution is -0.119. The summed E-state index contributed by atoms with van der Waals surface area (Å²) in [7, 11) is 1.63. The van der Waals surface area contributed by atoms with Crippen molar-refractivity contribution in [2.45, 2.75) is 32.7 Å². The van der Waals surface area contributed by atoms with Gasteiger partial charge in [-0.3, -0.25) is 4.79 Å². The number of methoxy groups -OCH3 is 1. The highest BCUT2D eigenvalue weighted by atomic mass is 16.5. The molecular weight excluding hydrogens is 216 g/mol. The van der Waals surface area contributed by atoms with Gasteiger partial charge in [0.05, 0.1) is 18.7 Å². The molecule has 1 unspecified atom stereocenters. The molecule has 4 heteroatoms. The van der Waals surface area contributed by atoms with Crippen molar-refractivity contribution in [1.29, 1.82) is 0 Å². The molecule has 0 fully saturated rings. The second-order valence-electron chi connectivity index (χ2n) is 4.60. The van der Waals surface area contributed by atoms with Crippen LogP contribution in [-0.4, -0.2) is 19.1 Å². The van der Waals surface area contributed by atoms with E-state index in [1.165, 1.54) is 0 Å². The summed E-state index contributed by atoms with van der Waals surface area (Å²) < 4.78 is 5.19. The molecule has 0 saturated carbocycles. The monoisotopic (exact) mass is 234 g/mol. The summed E-state index contributed by atoms with van der Waals surface area (Å²) in [5, 5.41) is 1.64. The Kier molecular flexibility index (Phi) is 3.07. The molecule has 0 saturated heterocycles. The molecule has 4 nitrogen and oxygen atoms in total. The first-order valence-electron chi connectivity index (χ1n) is 5.82. The summed E-state index contributed by atoms with van der Waals surface area (Å²) in [4.78, 5) is 12.1. The Morgan fingerprint density at radius 2 is 2.12 bits per heavy atom. The van der Waals surface area contributed by atoms with Crippen molar-refractivity contribution in [2.24, 2.45) is 0 Å². The van der Waals surface area contributed by atoms with Gasteiger partial charge in [-0.05, 0) is 44.5 Å². The van der Waals surface area contributed by atoms with Crippen molar-refractivity contribution in [2.75, 3.05) is 12.1 Å². The molecule has 1 heterocycles. The molecule has 0 bridgehead atoms. The highest BCUT2D eigenvalue weighted by Gasteiger charge is 2.34. The predicted octanol–water partition coefficient (Wildman–Crippen LogP) is 2.06. The molecule has 17 heavy (non-hydrogen) atoms. The molecule has 0 aliphatic carbocycles. The largest absolute Gasteiger partial charge is 0.497 e. The molecule has 1 aliphatic rings. The first-order chi connectivity index (χ1) is 8.04. The smallest absolute Gasteiger partial charge is 0.248 e. The summed E-state index contributed by atoms with van der Waals surface area (Å²) in [6.45, 7) is 5.95. The van der Waals surface area contributed by atoms with Crippen LogP contribution in [0.15, 0.2) is 18.2 Å². The maximum Gasteiger partial charge on any atom is 0.248 e. The fraction of sp³-hybridized carbons (Fsp3) is 0.462. The highest BCUT2D eigenvalue weighted by Crippen LogP contribution is 2.38. The summed E-state index contributed by atoms with van der Waals surface area (Å²) in [6.07, 6.45) is 0. The van der Waals surface area contributed by atoms with Crippen LogP contribution in [-0.2, 0) is 4.79 Å². The zero-order valence-corrected chi connectivity index (χ0v) is 10.7. The third-order valence-electron chi connectivity index (χ3n) is 2.92. The van der Waals surface area contributed by atoms with E-state index in [0.29, 0.717) is 0 Å². The van der Waals surface area contributed by atoms with Gasteiger partial charge < -0.3 is 4.74 Å². The van der Waals surface area contributed by atoms with E-state index in [-0.39, 0.29) is 17.9 Å². The zero-order chi connectivity index (χ0) is 12.6. The maximum absolute atomic E-state index is 12.1. The normalized spacial score (nSPS) is 18.8. The van der Waals surface area contributed by atoms with Crippen LogP contribution in [0.3, 0.4) is 0 Å². The summed E-state index contributed by atoms with van der Waals surface area (Å²) in [5.74, 6) is 0.753. The number of carbonyl (C=O) groups excluding carboxylic acids is 1. The number of hydrogen-bond acceptors (Lipinski definition) is 3. The molecule has 92 valence electrons. The van der Waals surface area contributed by atoms with Crippen LogP contribution in [0.1, 0.15) is 32.3 Å². The summed E-state index contributed by atoms with van der Waals surface area (Å²) >= 11 is 0. The standard InChI is InChI=1S/C13H18N2O2/c1-8(2)14-15-12-6-5-10(17-4)7-11(12)9(3)13(15)16/h5-9,14H,1-4H3. The lowest BCUT2D eigenvalue weighted by atomic mass is 10.0. The molecule has 1 aromatic carbocycles. The second kappa shape index (κ2) is 4.37. The third kappa shape index (κ3) is 2.00. The van der Waals surface area contributed by atoms with Gasteiger partial charge in [0.1, 0.15) is 5.75 Å². The number of hydrazine groups is 1. The summed E-state index contributed by atoms with van der Waals surface area (Å²) in [5.41, 5.74) is 5.10. The molecule has 1 N–H and O–H groups in total. The lowest BCUT2D eigenvalue weighted by Crippen LogP contribution is -2.44. The fourth-order valence-electron chi connectivity index (χ4n) is 2.05. The number of fused-ring (bicyclic) bond motifs is 1. The number of anilines is 1. The van der Waals surface area contributed by atoms with Gasteiger partial charge in [-0.2, -0.15) is 0 Å². The van der Waals surface area contributed by atoms with Crippen LogP contribution >= 0.6 is 0 Å². The minimum atomic E-state index is -0.119. The maximum atomic E-state index is 12.1. The average Bonchev–Trinajstić information content (AvgIpc) is 2.54. The number of hydrogen-bond donors (Lipinski definition) is 1. The van der Waals surface area contributed by atoms with Gasteiger partial charge in [-0.1, -0.05) is 0 Å². The van der Waals surface area contributed by atoms with Crippen LogP contribution in [0, 0.1) is 0 Å². The SMILES string of the molecule is COc1ccc2c(c1)C(C)C(=O)N2NC(C)C. The Bertz CT molecular complexity index is 443. The van der Waals surface area contributed by atoms with Gasteiger partial charge in [-0.15, -0.1) is 0 Å². The zero-order valence-electron chi connectivity index (χ0n) is 10.7. The number of benzene rings is 1.